The molecule has 8 heteroatoms. The van der Waals surface area contributed by atoms with Crippen molar-refractivity contribution in [1.29, 1.82) is 0 Å². The van der Waals surface area contributed by atoms with Crippen molar-refractivity contribution in [2.24, 2.45) is 0 Å². The lowest BCUT2D eigenvalue weighted by atomic mass is 9.89. The van der Waals surface area contributed by atoms with E-state index in [0.29, 0.717) is 18.2 Å². The summed E-state index contributed by atoms with van der Waals surface area (Å²) in [6.45, 7) is 1.07. The highest BCUT2D eigenvalue weighted by atomic mass is 19.4. The molecule has 0 spiro atoms. The van der Waals surface area contributed by atoms with E-state index in [4.69, 9.17) is 0 Å². The molecule has 0 aliphatic heterocycles. The molecule has 0 aliphatic carbocycles. The summed E-state index contributed by atoms with van der Waals surface area (Å²) in [5, 5.41) is 9.75. The molecule has 0 saturated heterocycles. The highest BCUT2D eigenvalue weighted by Crippen LogP contribution is 2.46. The summed E-state index contributed by atoms with van der Waals surface area (Å²) < 4.78 is 80.8. The number of ether oxygens (including phenoxy) is 1. The van der Waals surface area contributed by atoms with Gasteiger partial charge in [-0.2, -0.15) is 26.3 Å². The highest BCUT2D eigenvalue weighted by molar-refractivity contribution is 5.43. The first-order valence-corrected chi connectivity index (χ1v) is 5.52. The Morgan fingerprint density at radius 1 is 1.10 bits per heavy atom. The molecule has 0 amide bonds. The molecular weight excluding hydrogens is 290 g/mol. The molecule has 0 bridgehead atoms. The van der Waals surface area contributed by atoms with Crippen LogP contribution in [-0.4, -0.2) is 18.4 Å². The summed E-state index contributed by atoms with van der Waals surface area (Å²) in [6, 6.07) is 1.49. The maximum Gasteiger partial charge on any atom is 0.421 e. The van der Waals surface area contributed by atoms with Crippen LogP contribution in [0.5, 0.6) is 5.75 Å². The van der Waals surface area contributed by atoms with Gasteiger partial charge in [-0.3, -0.25) is 0 Å². The van der Waals surface area contributed by atoms with Crippen LogP contribution >= 0.6 is 0 Å². The van der Waals surface area contributed by atoms with Crippen molar-refractivity contribution >= 4 is 0 Å². The molecule has 1 atom stereocenters. The van der Waals surface area contributed by atoms with Crippen LogP contribution in [0.4, 0.5) is 26.3 Å². The fraction of sp³-hybridized carbons (Fsp3) is 0.500. The van der Waals surface area contributed by atoms with E-state index in [0.717, 1.165) is 14.0 Å². The Morgan fingerprint density at radius 2 is 1.65 bits per heavy atom. The molecule has 0 radical (unpaired) electrons. The Kier molecular flexibility index (Phi) is 4.28. The Labute approximate surface area is 111 Å². The van der Waals surface area contributed by atoms with Crippen LogP contribution < -0.4 is 4.74 Å². The molecule has 0 saturated carbocycles. The molecule has 1 unspecified atom stereocenters. The zero-order valence-corrected chi connectivity index (χ0v) is 10.6. The first-order chi connectivity index (χ1) is 8.97. The van der Waals surface area contributed by atoms with Crippen molar-refractivity contribution in [3.05, 3.63) is 29.3 Å². The van der Waals surface area contributed by atoms with Gasteiger partial charge in [0.2, 0.25) is 0 Å². The van der Waals surface area contributed by atoms with Gasteiger partial charge in [-0.05, 0) is 18.6 Å². The third-order valence-electron chi connectivity index (χ3n) is 2.96. The molecule has 1 aromatic carbocycles. The van der Waals surface area contributed by atoms with Crippen LogP contribution in [0.25, 0.3) is 0 Å². The van der Waals surface area contributed by atoms with Gasteiger partial charge in [-0.15, -0.1) is 0 Å². The fourth-order valence-electron chi connectivity index (χ4n) is 1.75. The molecule has 0 fully saturated rings. The molecule has 0 aliphatic rings. The van der Waals surface area contributed by atoms with Crippen LogP contribution in [0.3, 0.4) is 0 Å². The van der Waals surface area contributed by atoms with Crippen molar-refractivity contribution < 1.29 is 36.2 Å². The molecule has 0 heterocycles. The van der Waals surface area contributed by atoms with Crippen molar-refractivity contribution in [2.75, 3.05) is 7.11 Å². The highest BCUT2D eigenvalue weighted by Gasteiger charge is 2.55. The van der Waals surface area contributed by atoms with Crippen molar-refractivity contribution in [2.45, 2.75) is 31.3 Å². The van der Waals surface area contributed by atoms with E-state index < -0.39 is 41.3 Å². The smallest absolute Gasteiger partial charge is 0.421 e. The number of aliphatic hydroxyl groups is 1. The number of hydrogen-bond acceptors (Lipinski definition) is 2. The first kappa shape index (κ1) is 16.6. The quantitative estimate of drug-likeness (QED) is 0.859. The summed E-state index contributed by atoms with van der Waals surface area (Å²) in [5.74, 6) is -0.665. The first-order valence-electron chi connectivity index (χ1n) is 5.52. The predicted molar refractivity (Wildman–Crippen MR) is 58.2 cm³/mol. The standard InChI is InChI=1S/C12H12F6O2/c1-3-10(19,12(16,17)18)8-5-4-7(11(13,14)15)6-9(8)20-2/h4-6,19H,3H2,1-2H3. The van der Waals surface area contributed by atoms with Gasteiger partial charge >= 0.3 is 12.4 Å². The maximum atomic E-state index is 12.9. The lowest BCUT2D eigenvalue weighted by Gasteiger charge is -2.31. The van der Waals surface area contributed by atoms with E-state index in [2.05, 4.69) is 4.74 Å². The van der Waals surface area contributed by atoms with Crippen molar-refractivity contribution in [3.8, 4) is 5.75 Å². The number of methoxy groups -OCH3 is 1. The number of hydrogen-bond donors (Lipinski definition) is 1. The molecule has 1 aromatic rings. The predicted octanol–water partition coefficient (Wildman–Crippen LogP) is 3.87. The maximum absolute atomic E-state index is 12.9. The number of alkyl halides is 6. The minimum Gasteiger partial charge on any atom is -0.496 e. The lowest BCUT2D eigenvalue weighted by Crippen LogP contribution is -2.42. The second-order valence-electron chi connectivity index (χ2n) is 4.12. The Hall–Kier alpha value is -1.44. The molecule has 1 rings (SSSR count). The summed E-state index contributed by atoms with van der Waals surface area (Å²) in [5.41, 5.74) is -5.16. The van der Waals surface area contributed by atoms with Gasteiger partial charge < -0.3 is 9.84 Å². The molecule has 2 nitrogen and oxygen atoms in total. The van der Waals surface area contributed by atoms with Crippen LogP contribution in [0.15, 0.2) is 18.2 Å². The number of benzene rings is 1. The third kappa shape index (κ3) is 2.84. The largest absolute Gasteiger partial charge is 0.496 e. The van der Waals surface area contributed by atoms with Gasteiger partial charge in [-0.1, -0.05) is 13.0 Å². The number of halogens is 6. The van der Waals surface area contributed by atoms with E-state index in [1.165, 1.54) is 0 Å². The van der Waals surface area contributed by atoms with Gasteiger partial charge in [0.05, 0.1) is 12.7 Å². The number of rotatable bonds is 3. The average molecular weight is 302 g/mol. The summed E-state index contributed by atoms with van der Waals surface area (Å²) in [6.07, 6.45) is -10.5. The van der Waals surface area contributed by atoms with Gasteiger partial charge in [0.25, 0.3) is 0 Å². The topological polar surface area (TPSA) is 29.5 Å². The second-order valence-corrected chi connectivity index (χ2v) is 4.12. The van der Waals surface area contributed by atoms with Gasteiger partial charge in [0, 0.05) is 5.56 Å². The van der Waals surface area contributed by atoms with Crippen molar-refractivity contribution in [1.82, 2.24) is 0 Å². The Balaban J connectivity index is 3.46. The minimum atomic E-state index is -5.03. The Morgan fingerprint density at radius 3 is 2.00 bits per heavy atom. The Bertz CT molecular complexity index is 480. The average Bonchev–Trinajstić information content (AvgIpc) is 2.34. The normalized spacial score (nSPS) is 15.8. The fourth-order valence-corrected chi connectivity index (χ4v) is 1.75. The molecular formula is C12H12F6O2. The van der Waals surface area contributed by atoms with Gasteiger partial charge in [0.1, 0.15) is 5.75 Å². The van der Waals surface area contributed by atoms with E-state index >= 15 is 0 Å². The SMILES string of the molecule is CCC(O)(c1ccc(C(F)(F)F)cc1OC)C(F)(F)F. The van der Waals surface area contributed by atoms with Gasteiger partial charge in [-0.25, -0.2) is 0 Å². The van der Waals surface area contributed by atoms with E-state index in [1.807, 2.05) is 0 Å². The van der Waals surface area contributed by atoms with E-state index in [1.54, 1.807) is 0 Å². The molecule has 20 heavy (non-hydrogen) atoms. The van der Waals surface area contributed by atoms with E-state index in [9.17, 15) is 31.4 Å². The van der Waals surface area contributed by atoms with E-state index in [-0.39, 0.29) is 0 Å². The molecule has 1 N–H and O–H groups in total. The molecule has 114 valence electrons. The molecule has 0 aromatic heterocycles. The summed E-state index contributed by atoms with van der Waals surface area (Å²) in [4.78, 5) is 0. The van der Waals surface area contributed by atoms with Crippen molar-refractivity contribution in [3.63, 3.8) is 0 Å². The van der Waals surface area contributed by atoms with Crippen LogP contribution in [0, 0.1) is 0 Å². The zero-order valence-electron chi connectivity index (χ0n) is 10.6. The minimum absolute atomic E-state index is 0.432. The van der Waals surface area contributed by atoms with Crippen LogP contribution in [0.2, 0.25) is 0 Å². The monoisotopic (exact) mass is 302 g/mol. The summed E-state index contributed by atoms with van der Waals surface area (Å²) >= 11 is 0. The summed E-state index contributed by atoms with van der Waals surface area (Å²) in [7, 11) is 0.936. The zero-order chi connectivity index (χ0) is 15.8. The second kappa shape index (κ2) is 5.16. The third-order valence-corrected chi connectivity index (χ3v) is 2.96. The van der Waals surface area contributed by atoms with Gasteiger partial charge in [0.15, 0.2) is 5.60 Å². The van der Waals surface area contributed by atoms with Crippen LogP contribution in [0.1, 0.15) is 24.5 Å². The lowest BCUT2D eigenvalue weighted by molar-refractivity contribution is -0.268. The van der Waals surface area contributed by atoms with Crippen LogP contribution in [-0.2, 0) is 11.8 Å².